The Morgan fingerprint density at radius 3 is 2.42 bits per heavy atom. The highest BCUT2D eigenvalue weighted by molar-refractivity contribution is 6.30. The fraction of sp³-hybridized carbons (Fsp3) is 0.250. The molecule has 0 saturated heterocycles. The number of pyridine rings is 1. The maximum Gasteiger partial charge on any atom is 0.430 e. The van der Waals surface area contributed by atoms with E-state index in [9.17, 15) is 18.3 Å². The summed E-state index contributed by atoms with van der Waals surface area (Å²) in [6.07, 6.45) is -1.34. The topological polar surface area (TPSA) is 99.5 Å². The monoisotopic (exact) mass is 456 g/mol. The van der Waals surface area contributed by atoms with Crippen LogP contribution in [0.5, 0.6) is 5.88 Å². The highest BCUT2D eigenvalue weighted by Crippen LogP contribution is 2.37. The molecule has 1 aliphatic carbocycles. The lowest BCUT2D eigenvalue weighted by Crippen LogP contribution is -2.52. The molecular formula is C20H16ClF3N2O5. The fourth-order valence-electron chi connectivity index (χ4n) is 2.92. The summed E-state index contributed by atoms with van der Waals surface area (Å²) in [6.45, 7) is 0. The molecule has 0 radical (unpaired) electrons. The smallest absolute Gasteiger partial charge is 0.430 e. The molecule has 3 aromatic rings. The van der Waals surface area contributed by atoms with Crippen LogP contribution in [-0.4, -0.2) is 28.5 Å². The van der Waals surface area contributed by atoms with Crippen molar-refractivity contribution in [2.75, 3.05) is 0 Å². The third-order valence-electron chi connectivity index (χ3n) is 4.50. The molecule has 0 spiro atoms. The molecule has 1 fully saturated rings. The molecule has 164 valence electrons. The molecule has 0 bridgehead atoms. The molecule has 0 amide bonds. The first-order chi connectivity index (χ1) is 14.6. The van der Waals surface area contributed by atoms with Crippen LogP contribution in [0.25, 0.3) is 11.5 Å². The maximum atomic E-state index is 10.5. The van der Waals surface area contributed by atoms with Crippen molar-refractivity contribution in [2.45, 2.75) is 31.0 Å². The number of aliphatic carboxylic acids is 1. The van der Waals surface area contributed by atoms with Gasteiger partial charge >= 0.3 is 11.9 Å². The lowest BCUT2D eigenvalue weighted by atomic mass is 9.78. The number of alkyl halides is 3. The van der Waals surface area contributed by atoms with Crippen molar-refractivity contribution in [3.63, 3.8) is 0 Å². The Balaban J connectivity index is 0.000000339. The van der Waals surface area contributed by atoms with Gasteiger partial charge in [-0.2, -0.15) is 13.2 Å². The van der Waals surface area contributed by atoms with Crippen molar-refractivity contribution in [3.05, 3.63) is 65.3 Å². The van der Waals surface area contributed by atoms with Crippen LogP contribution in [0, 0.1) is 0 Å². The molecule has 11 heteroatoms. The molecule has 4 rings (SSSR count). The van der Waals surface area contributed by atoms with E-state index in [-0.39, 0.29) is 12.0 Å². The Morgan fingerprint density at radius 2 is 1.87 bits per heavy atom. The zero-order chi connectivity index (χ0) is 22.6. The summed E-state index contributed by atoms with van der Waals surface area (Å²) in [5, 5.41) is 22.4. The molecule has 2 aromatic heterocycles. The molecule has 2 heterocycles. The van der Waals surface area contributed by atoms with Gasteiger partial charge in [0.05, 0.1) is 6.07 Å². The third kappa shape index (κ3) is 5.88. The van der Waals surface area contributed by atoms with Gasteiger partial charge in [0.2, 0.25) is 12.0 Å². The first-order valence-electron chi connectivity index (χ1n) is 9.01. The number of aromatic hydroxyl groups is 1. The van der Waals surface area contributed by atoms with E-state index in [2.05, 4.69) is 17.3 Å². The van der Waals surface area contributed by atoms with E-state index in [1.807, 2.05) is 36.5 Å². The van der Waals surface area contributed by atoms with Crippen LogP contribution in [0.2, 0.25) is 5.02 Å². The molecule has 1 N–H and O–H groups in total. The van der Waals surface area contributed by atoms with Crippen LogP contribution < -0.4 is 14.7 Å². The maximum absolute atomic E-state index is 10.5. The SMILES string of the molecule is O=C([O-])C(F)(F)F.Oc1cc(-c2cccc[n+]2O[C@H]2C[C@H](c3ccc(Cl)cc3)C2)on1. The molecular weight excluding hydrogens is 441 g/mol. The Hall–Kier alpha value is -3.27. The van der Waals surface area contributed by atoms with Crippen molar-refractivity contribution in [1.82, 2.24) is 5.16 Å². The van der Waals surface area contributed by atoms with Gasteiger partial charge in [0.15, 0.2) is 6.10 Å². The predicted molar refractivity (Wildman–Crippen MR) is 98.7 cm³/mol. The van der Waals surface area contributed by atoms with Gasteiger partial charge in [0.1, 0.15) is 5.97 Å². The summed E-state index contributed by atoms with van der Waals surface area (Å²) in [6, 6.07) is 15.1. The van der Waals surface area contributed by atoms with Gasteiger partial charge in [-0.25, -0.2) is 0 Å². The second-order valence-corrected chi connectivity index (χ2v) is 7.13. The zero-order valence-corrected chi connectivity index (χ0v) is 16.5. The summed E-state index contributed by atoms with van der Waals surface area (Å²) in [4.78, 5) is 14.8. The minimum atomic E-state index is -5.19. The molecule has 0 unspecified atom stereocenters. The van der Waals surface area contributed by atoms with E-state index in [0.717, 1.165) is 17.9 Å². The van der Waals surface area contributed by atoms with Crippen LogP contribution in [0.4, 0.5) is 13.2 Å². The second kappa shape index (κ2) is 9.25. The van der Waals surface area contributed by atoms with E-state index in [0.29, 0.717) is 17.4 Å². The molecule has 1 aliphatic rings. The first-order valence-corrected chi connectivity index (χ1v) is 9.39. The highest BCUT2D eigenvalue weighted by atomic mass is 35.5. The summed E-state index contributed by atoms with van der Waals surface area (Å²) < 4.78 is 38.3. The van der Waals surface area contributed by atoms with Crippen LogP contribution in [-0.2, 0) is 4.79 Å². The standard InChI is InChI=1S/C18H15ClN2O3.C2HF3O2/c19-14-6-4-12(5-7-14)13-9-15(10-13)24-21-8-2-1-3-16(21)17-11-18(22)20-23-17;3-2(4,5)1(6)7/h1-8,11,13,15H,9-10H2;(H,6,7)/t13-,15-;. The number of rotatable bonds is 4. The summed E-state index contributed by atoms with van der Waals surface area (Å²) in [7, 11) is 0. The van der Waals surface area contributed by atoms with Crippen LogP contribution in [0.1, 0.15) is 24.3 Å². The van der Waals surface area contributed by atoms with Crippen molar-refractivity contribution in [3.8, 4) is 17.3 Å². The summed E-state index contributed by atoms with van der Waals surface area (Å²) in [5.41, 5.74) is 2.00. The van der Waals surface area contributed by atoms with Crippen molar-refractivity contribution in [2.24, 2.45) is 0 Å². The van der Waals surface area contributed by atoms with Gasteiger partial charge in [-0.1, -0.05) is 23.7 Å². The predicted octanol–water partition coefficient (Wildman–Crippen LogP) is 2.66. The van der Waals surface area contributed by atoms with Gasteiger partial charge in [-0.05, 0) is 47.7 Å². The van der Waals surface area contributed by atoms with Crippen LogP contribution in [0.3, 0.4) is 0 Å². The van der Waals surface area contributed by atoms with E-state index in [4.69, 9.17) is 30.9 Å². The van der Waals surface area contributed by atoms with Gasteiger partial charge in [-0.15, -0.1) is 0 Å². The Morgan fingerprint density at radius 1 is 1.23 bits per heavy atom. The van der Waals surface area contributed by atoms with Crippen molar-refractivity contribution < 1.29 is 42.3 Å². The number of hydrogen-bond donors (Lipinski definition) is 1. The Labute approximate surface area is 179 Å². The normalized spacial score (nSPS) is 17.8. The lowest BCUT2D eigenvalue weighted by Gasteiger charge is -2.32. The second-order valence-electron chi connectivity index (χ2n) is 6.69. The fourth-order valence-corrected chi connectivity index (χ4v) is 3.04. The number of benzene rings is 1. The number of halogens is 4. The number of carbonyl (C=O) groups is 1. The Kier molecular flexibility index (Phi) is 6.69. The van der Waals surface area contributed by atoms with E-state index >= 15 is 0 Å². The number of aromatic nitrogens is 2. The van der Waals surface area contributed by atoms with Gasteiger partial charge in [0.25, 0.3) is 5.88 Å². The molecule has 0 atom stereocenters. The number of hydrogen-bond acceptors (Lipinski definition) is 6. The minimum absolute atomic E-state index is 0.133. The number of carboxylic acid groups (broad SMARTS) is 1. The molecule has 1 saturated carbocycles. The van der Waals surface area contributed by atoms with Gasteiger partial charge < -0.3 is 19.5 Å². The minimum Gasteiger partial charge on any atom is -0.542 e. The largest absolute Gasteiger partial charge is 0.542 e. The first kappa shape index (κ1) is 22.4. The third-order valence-corrected chi connectivity index (χ3v) is 4.76. The van der Waals surface area contributed by atoms with Crippen LogP contribution >= 0.6 is 11.6 Å². The molecule has 31 heavy (non-hydrogen) atoms. The molecule has 7 nitrogen and oxygen atoms in total. The van der Waals surface area contributed by atoms with E-state index in [1.54, 1.807) is 4.73 Å². The average molecular weight is 457 g/mol. The van der Waals surface area contributed by atoms with Crippen LogP contribution in [0.15, 0.2) is 59.3 Å². The highest BCUT2D eigenvalue weighted by Gasteiger charge is 2.36. The summed E-state index contributed by atoms with van der Waals surface area (Å²) >= 11 is 5.93. The average Bonchev–Trinajstić information content (AvgIpc) is 3.11. The Bertz CT molecular complexity index is 1030. The van der Waals surface area contributed by atoms with E-state index < -0.39 is 12.1 Å². The van der Waals surface area contributed by atoms with Gasteiger partial charge in [-0.3, -0.25) is 4.84 Å². The number of carbonyl (C=O) groups excluding carboxylic acids is 1. The number of nitrogens with zero attached hydrogens (tertiary/aromatic N) is 2. The van der Waals surface area contributed by atoms with Crippen molar-refractivity contribution >= 4 is 17.6 Å². The van der Waals surface area contributed by atoms with E-state index in [1.165, 1.54) is 11.6 Å². The summed E-state index contributed by atoms with van der Waals surface area (Å²) in [5.74, 6) is -2.20. The number of carboxylic acids is 1. The lowest BCUT2D eigenvalue weighted by molar-refractivity contribution is -0.893. The quantitative estimate of drug-likeness (QED) is 0.606. The van der Waals surface area contributed by atoms with Gasteiger partial charge in [0, 0.05) is 21.9 Å². The zero-order valence-electron chi connectivity index (χ0n) is 15.8. The molecule has 0 aliphatic heterocycles. The molecule has 1 aromatic carbocycles. The van der Waals surface area contributed by atoms with Crippen molar-refractivity contribution in [1.29, 1.82) is 0 Å².